The Bertz CT molecular complexity index is 278. The van der Waals surface area contributed by atoms with Crippen molar-refractivity contribution in [2.45, 2.75) is 57.5 Å². The van der Waals surface area contributed by atoms with Gasteiger partial charge in [-0.05, 0) is 32.7 Å². The normalized spacial score (nSPS) is 20.3. The highest BCUT2D eigenvalue weighted by atomic mass is 32.2. The van der Waals surface area contributed by atoms with E-state index in [9.17, 15) is 9.00 Å². The van der Waals surface area contributed by atoms with Crippen LogP contribution in [0.4, 0.5) is 0 Å². The third kappa shape index (κ3) is 6.50. The Morgan fingerprint density at radius 1 is 1.33 bits per heavy atom. The molecule has 106 valence electrons. The molecule has 0 aromatic carbocycles. The zero-order chi connectivity index (χ0) is 13.4. The average molecular weight is 274 g/mol. The fourth-order valence-electron chi connectivity index (χ4n) is 2.26. The molecule has 0 aromatic rings. The van der Waals surface area contributed by atoms with Crippen molar-refractivity contribution in [1.82, 2.24) is 10.6 Å². The molecule has 1 aliphatic carbocycles. The van der Waals surface area contributed by atoms with Crippen molar-refractivity contribution in [1.29, 1.82) is 0 Å². The van der Waals surface area contributed by atoms with E-state index in [0.717, 1.165) is 25.8 Å². The van der Waals surface area contributed by atoms with Gasteiger partial charge in [0.05, 0.1) is 6.04 Å². The Labute approximate surface area is 113 Å². The summed E-state index contributed by atoms with van der Waals surface area (Å²) in [6.07, 6.45) is 8.56. The van der Waals surface area contributed by atoms with Crippen LogP contribution in [0.1, 0.15) is 45.4 Å². The molecule has 0 radical (unpaired) electrons. The molecule has 0 bridgehead atoms. The first-order valence-corrected chi connectivity index (χ1v) is 8.66. The van der Waals surface area contributed by atoms with Crippen LogP contribution in [-0.2, 0) is 15.6 Å². The Morgan fingerprint density at radius 3 is 2.61 bits per heavy atom. The zero-order valence-electron chi connectivity index (χ0n) is 11.5. The van der Waals surface area contributed by atoms with E-state index in [1.54, 1.807) is 6.26 Å². The van der Waals surface area contributed by atoms with Crippen molar-refractivity contribution in [3.63, 3.8) is 0 Å². The summed E-state index contributed by atoms with van der Waals surface area (Å²) >= 11 is 0. The van der Waals surface area contributed by atoms with Crippen LogP contribution in [0.2, 0.25) is 0 Å². The number of nitrogens with one attached hydrogen (secondary N) is 2. The number of hydrogen-bond donors (Lipinski definition) is 2. The number of rotatable bonds is 7. The Kier molecular flexibility index (Phi) is 7.51. The highest BCUT2D eigenvalue weighted by molar-refractivity contribution is 7.84. The van der Waals surface area contributed by atoms with Gasteiger partial charge in [0.2, 0.25) is 5.91 Å². The zero-order valence-corrected chi connectivity index (χ0v) is 12.4. The van der Waals surface area contributed by atoms with Gasteiger partial charge < -0.3 is 10.6 Å². The predicted molar refractivity (Wildman–Crippen MR) is 76.0 cm³/mol. The van der Waals surface area contributed by atoms with Crippen molar-refractivity contribution in [3.8, 4) is 0 Å². The van der Waals surface area contributed by atoms with Gasteiger partial charge in [-0.25, -0.2) is 0 Å². The molecular weight excluding hydrogens is 248 g/mol. The Hall–Kier alpha value is -0.420. The van der Waals surface area contributed by atoms with E-state index in [4.69, 9.17) is 0 Å². The first kappa shape index (κ1) is 15.6. The summed E-state index contributed by atoms with van der Waals surface area (Å²) < 4.78 is 10.9. The SMILES string of the molecule is CC(NCCCS(C)=O)C(=O)NC1CCCCC1. The van der Waals surface area contributed by atoms with Gasteiger partial charge in [-0.2, -0.15) is 0 Å². The molecule has 0 aromatic heterocycles. The number of hydrogen-bond acceptors (Lipinski definition) is 3. The highest BCUT2D eigenvalue weighted by Gasteiger charge is 2.18. The van der Waals surface area contributed by atoms with Crippen molar-refractivity contribution < 1.29 is 9.00 Å². The molecule has 1 fully saturated rings. The minimum atomic E-state index is -0.737. The summed E-state index contributed by atoms with van der Waals surface area (Å²) in [5.41, 5.74) is 0. The van der Waals surface area contributed by atoms with Crippen LogP contribution in [0.15, 0.2) is 0 Å². The third-order valence-corrected chi connectivity index (χ3v) is 4.27. The maximum Gasteiger partial charge on any atom is 0.237 e. The van der Waals surface area contributed by atoms with Gasteiger partial charge in [0, 0.05) is 28.9 Å². The minimum absolute atomic E-state index is 0.0968. The molecule has 18 heavy (non-hydrogen) atoms. The molecule has 2 unspecified atom stereocenters. The van der Waals surface area contributed by atoms with Crippen LogP contribution in [0.5, 0.6) is 0 Å². The Balaban J connectivity index is 2.13. The van der Waals surface area contributed by atoms with Crippen LogP contribution in [0, 0.1) is 0 Å². The van der Waals surface area contributed by atoms with E-state index in [0.29, 0.717) is 11.8 Å². The second-order valence-corrected chi connectivity index (χ2v) is 6.70. The lowest BCUT2D eigenvalue weighted by Gasteiger charge is -2.24. The van der Waals surface area contributed by atoms with E-state index < -0.39 is 10.8 Å². The predicted octanol–water partition coefficient (Wildman–Crippen LogP) is 1.18. The maximum absolute atomic E-state index is 11.9. The summed E-state index contributed by atoms with van der Waals surface area (Å²) in [5, 5.41) is 6.29. The average Bonchev–Trinajstić information content (AvgIpc) is 2.35. The molecule has 0 heterocycles. The van der Waals surface area contributed by atoms with Crippen molar-refractivity contribution in [2.24, 2.45) is 0 Å². The molecule has 5 heteroatoms. The maximum atomic E-state index is 11.9. The molecule has 2 atom stereocenters. The van der Waals surface area contributed by atoms with E-state index in [2.05, 4.69) is 10.6 Å². The molecule has 0 aliphatic heterocycles. The number of amides is 1. The molecule has 0 spiro atoms. The first-order chi connectivity index (χ1) is 8.59. The van der Waals surface area contributed by atoms with Crippen LogP contribution in [-0.4, -0.2) is 40.8 Å². The molecule has 1 aliphatic rings. The van der Waals surface area contributed by atoms with Gasteiger partial charge in [0.15, 0.2) is 0 Å². The summed E-state index contributed by atoms with van der Waals surface area (Å²) in [4.78, 5) is 11.9. The lowest BCUT2D eigenvalue weighted by atomic mass is 9.95. The van der Waals surface area contributed by atoms with Crippen molar-refractivity contribution in [2.75, 3.05) is 18.6 Å². The van der Waals surface area contributed by atoms with Crippen molar-refractivity contribution >= 4 is 16.7 Å². The molecule has 1 amide bonds. The van der Waals surface area contributed by atoms with E-state index in [1.807, 2.05) is 6.92 Å². The lowest BCUT2D eigenvalue weighted by Crippen LogP contribution is -2.47. The smallest absolute Gasteiger partial charge is 0.237 e. The second-order valence-electron chi connectivity index (χ2n) is 5.15. The van der Waals surface area contributed by atoms with Gasteiger partial charge in [-0.1, -0.05) is 19.3 Å². The number of carbonyl (C=O) groups is 1. The van der Waals surface area contributed by atoms with Gasteiger partial charge in [0.1, 0.15) is 0 Å². The van der Waals surface area contributed by atoms with Gasteiger partial charge in [-0.3, -0.25) is 9.00 Å². The number of carbonyl (C=O) groups excluding carboxylic acids is 1. The molecule has 4 nitrogen and oxygen atoms in total. The molecule has 0 saturated heterocycles. The minimum Gasteiger partial charge on any atom is -0.352 e. The largest absolute Gasteiger partial charge is 0.352 e. The second kappa shape index (κ2) is 8.64. The summed E-state index contributed by atoms with van der Waals surface area (Å²) in [6.45, 7) is 2.64. The summed E-state index contributed by atoms with van der Waals surface area (Å²) in [7, 11) is -0.737. The fraction of sp³-hybridized carbons (Fsp3) is 0.923. The fourth-order valence-corrected chi connectivity index (χ4v) is 2.81. The molecule has 2 N–H and O–H groups in total. The van der Waals surface area contributed by atoms with Crippen LogP contribution in [0.25, 0.3) is 0 Å². The van der Waals surface area contributed by atoms with Gasteiger partial charge in [0.25, 0.3) is 0 Å². The monoisotopic (exact) mass is 274 g/mol. The molecule has 1 rings (SSSR count). The quantitative estimate of drug-likeness (QED) is 0.686. The van der Waals surface area contributed by atoms with E-state index >= 15 is 0 Å². The van der Waals surface area contributed by atoms with Crippen LogP contribution < -0.4 is 10.6 Å². The van der Waals surface area contributed by atoms with Crippen LogP contribution >= 0.6 is 0 Å². The van der Waals surface area contributed by atoms with Crippen molar-refractivity contribution in [3.05, 3.63) is 0 Å². The van der Waals surface area contributed by atoms with Gasteiger partial charge >= 0.3 is 0 Å². The summed E-state index contributed by atoms with van der Waals surface area (Å²) in [6, 6.07) is 0.218. The Morgan fingerprint density at radius 2 is 2.00 bits per heavy atom. The summed E-state index contributed by atoms with van der Waals surface area (Å²) in [5.74, 6) is 0.795. The topological polar surface area (TPSA) is 58.2 Å². The lowest BCUT2D eigenvalue weighted by molar-refractivity contribution is -0.123. The van der Waals surface area contributed by atoms with Crippen LogP contribution in [0.3, 0.4) is 0 Å². The van der Waals surface area contributed by atoms with E-state index in [-0.39, 0.29) is 11.9 Å². The van der Waals surface area contributed by atoms with Gasteiger partial charge in [-0.15, -0.1) is 0 Å². The first-order valence-electron chi connectivity index (χ1n) is 6.93. The third-order valence-electron chi connectivity index (χ3n) is 3.40. The molecular formula is C13H26N2O2S. The highest BCUT2D eigenvalue weighted by Crippen LogP contribution is 2.17. The van der Waals surface area contributed by atoms with E-state index in [1.165, 1.54) is 19.3 Å². The molecule has 1 saturated carbocycles. The standard InChI is InChI=1S/C13H26N2O2S/c1-11(14-9-6-10-18(2)17)13(16)15-12-7-4-3-5-8-12/h11-12,14H,3-10H2,1-2H3,(H,15,16).